The van der Waals surface area contributed by atoms with Crippen LogP contribution in [0.5, 0.6) is 0 Å². The Morgan fingerprint density at radius 2 is 2.11 bits per heavy atom. The van der Waals surface area contributed by atoms with E-state index in [-0.39, 0.29) is 0 Å². The van der Waals surface area contributed by atoms with E-state index in [1.165, 1.54) is 17.4 Å². The summed E-state index contributed by atoms with van der Waals surface area (Å²) in [6, 6.07) is 4.63. The summed E-state index contributed by atoms with van der Waals surface area (Å²) < 4.78 is 38.1. The zero-order valence-corrected chi connectivity index (χ0v) is 10.8. The molecule has 0 radical (unpaired) electrons. The van der Waals surface area contributed by atoms with Crippen molar-refractivity contribution >= 4 is 11.3 Å². The highest BCUT2D eigenvalue weighted by atomic mass is 32.1. The van der Waals surface area contributed by atoms with Gasteiger partial charge in [0, 0.05) is 0 Å². The van der Waals surface area contributed by atoms with Crippen LogP contribution in [0.1, 0.15) is 27.7 Å². The van der Waals surface area contributed by atoms with Gasteiger partial charge in [0.05, 0.1) is 27.7 Å². The number of benzene rings is 1. The molecule has 1 heterocycles. The first kappa shape index (κ1) is 14.0. The van der Waals surface area contributed by atoms with Crippen LogP contribution in [0.15, 0.2) is 29.8 Å². The second-order valence-electron chi connectivity index (χ2n) is 4.02. The highest BCUT2D eigenvalue weighted by Crippen LogP contribution is 2.33. The number of nitrogens with zero attached hydrogens (tertiary/aromatic N) is 1. The lowest BCUT2D eigenvalue weighted by atomic mass is 10.0. The third-order valence-electron chi connectivity index (χ3n) is 2.76. The van der Waals surface area contributed by atoms with Crippen LogP contribution in [0.25, 0.3) is 0 Å². The third-order valence-corrected chi connectivity index (χ3v) is 3.75. The minimum atomic E-state index is -4.36. The van der Waals surface area contributed by atoms with Gasteiger partial charge in [0.15, 0.2) is 0 Å². The van der Waals surface area contributed by atoms with E-state index in [1.54, 1.807) is 18.5 Å². The van der Waals surface area contributed by atoms with Crippen molar-refractivity contribution in [2.75, 3.05) is 0 Å². The lowest BCUT2D eigenvalue weighted by molar-refractivity contribution is -0.137. The first-order valence-corrected chi connectivity index (χ1v) is 6.34. The molecule has 0 saturated heterocycles. The second-order valence-corrected chi connectivity index (χ2v) is 4.91. The van der Waals surface area contributed by atoms with Crippen molar-refractivity contribution in [1.29, 1.82) is 0 Å². The Balaban J connectivity index is 2.42. The predicted octanol–water partition coefficient (Wildman–Crippen LogP) is 3.02. The van der Waals surface area contributed by atoms with Crippen LogP contribution < -0.4 is 11.3 Å². The molecule has 1 aromatic heterocycles. The number of nitrogens with one attached hydrogen (secondary N) is 1. The number of alkyl halides is 3. The topological polar surface area (TPSA) is 50.9 Å². The van der Waals surface area contributed by atoms with Crippen molar-refractivity contribution in [3.63, 3.8) is 0 Å². The number of hydrogen-bond donors (Lipinski definition) is 2. The van der Waals surface area contributed by atoms with E-state index < -0.39 is 17.8 Å². The van der Waals surface area contributed by atoms with Crippen LogP contribution in [-0.2, 0) is 6.18 Å². The SMILES string of the molecule is Cc1ncsc1C(NN)c1cccc(C(F)(F)F)c1. The Morgan fingerprint density at radius 1 is 1.37 bits per heavy atom. The third kappa shape index (κ3) is 2.94. The fraction of sp³-hybridized carbons (Fsp3) is 0.250. The number of hydrazine groups is 1. The number of hydrogen-bond acceptors (Lipinski definition) is 4. The van der Waals surface area contributed by atoms with Crippen molar-refractivity contribution in [2.45, 2.75) is 19.1 Å². The second kappa shape index (κ2) is 5.28. The Hall–Kier alpha value is -1.44. The summed E-state index contributed by atoms with van der Waals surface area (Å²) in [6.45, 7) is 1.80. The van der Waals surface area contributed by atoms with Crippen LogP contribution in [0.3, 0.4) is 0 Å². The lowest BCUT2D eigenvalue weighted by Gasteiger charge is -2.17. The first-order valence-electron chi connectivity index (χ1n) is 5.46. The fourth-order valence-electron chi connectivity index (χ4n) is 1.81. The highest BCUT2D eigenvalue weighted by Gasteiger charge is 2.31. The molecule has 0 aliphatic rings. The molecule has 0 amide bonds. The quantitative estimate of drug-likeness (QED) is 0.674. The number of aromatic nitrogens is 1. The molecule has 102 valence electrons. The van der Waals surface area contributed by atoms with Gasteiger partial charge in [0.25, 0.3) is 0 Å². The van der Waals surface area contributed by atoms with Crippen LogP contribution in [0.2, 0.25) is 0 Å². The molecule has 0 aliphatic carbocycles. The molecule has 7 heteroatoms. The van der Waals surface area contributed by atoms with Gasteiger partial charge in [0.1, 0.15) is 0 Å². The first-order chi connectivity index (χ1) is 8.93. The zero-order valence-electron chi connectivity index (χ0n) is 10.0. The maximum Gasteiger partial charge on any atom is 0.416 e. The van der Waals surface area contributed by atoms with E-state index in [2.05, 4.69) is 10.4 Å². The molecular weight excluding hydrogens is 275 g/mol. The van der Waals surface area contributed by atoms with E-state index in [0.717, 1.165) is 22.7 Å². The van der Waals surface area contributed by atoms with Crippen molar-refractivity contribution < 1.29 is 13.2 Å². The van der Waals surface area contributed by atoms with Crippen LogP contribution in [0.4, 0.5) is 13.2 Å². The largest absolute Gasteiger partial charge is 0.416 e. The number of aryl methyl sites for hydroxylation is 1. The lowest BCUT2D eigenvalue weighted by Crippen LogP contribution is -2.29. The van der Waals surface area contributed by atoms with Crippen molar-refractivity contribution in [3.05, 3.63) is 51.5 Å². The summed E-state index contributed by atoms with van der Waals surface area (Å²) in [5, 5.41) is 0. The molecular formula is C12H12F3N3S. The van der Waals surface area contributed by atoms with Crippen molar-refractivity contribution in [1.82, 2.24) is 10.4 Å². The summed E-state index contributed by atoms with van der Waals surface area (Å²) in [5.41, 5.74) is 4.71. The average Bonchev–Trinajstić information content (AvgIpc) is 2.76. The monoisotopic (exact) mass is 287 g/mol. The summed E-state index contributed by atoms with van der Waals surface area (Å²) in [6.07, 6.45) is -4.36. The van der Waals surface area contributed by atoms with Crippen molar-refractivity contribution in [3.8, 4) is 0 Å². The summed E-state index contributed by atoms with van der Waals surface area (Å²) in [7, 11) is 0. The maximum absolute atomic E-state index is 12.7. The van der Waals surface area contributed by atoms with Crippen molar-refractivity contribution in [2.24, 2.45) is 5.84 Å². The van der Waals surface area contributed by atoms with Gasteiger partial charge in [-0.25, -0.2) is 10.4 Å². The Labute approximate surface area is 112 Å². The van der Waals surface area contributed by atoms with Gasteiger partial charge < -0.3 is 0 Å². The molecule has 19 heavy (non-hydrogen) atoms. The molecule has 0 fully saturated rings. The fourth-order valence-corrected chi connectivity index (χ4v) is 2.69. The molecule has 1 aromatic carbocycles. The minimum absolute atomic E-state index is 0.463. The minimum Gasteiger partial charge on any atom is -0.271 e. The molecule has 3 N–H and O–H groups in total. The standard InChI is InChI=1S/C12H12F3N3S/c1-7-11(19-6-17-7)10(18-16)8-3-2-4-9(5-8)12(13,14)15/h2-6,10,18H,16H2,1H3. The van der Waals surface area contributed by atoms with Gasteiger partial charge in [-0.1, -0.05) is 12.1 Å². The molecule has 1 unspecified atom stereocenters. The molecule has 0 aliphatic heterocycles. The number of nitrogens with two attached hydrogens (primary N) is 1. The molecule has 0 bridgehead atoms. The Bertz CT molecular complexity index is 565. The van der Waals surface area contributed by atoms with Crippen LogP contribution in [0, 0.1) is 6.92 Å². The predicted molar refractivity (Wildman–Crippen MR) is 67.5 cm³/mol. The highest BCUT2D eigenvalue weighted by molar-refractivity contribution is 7.09. The van der Waals surface area contributed by atoms with Crippen LogP contribution >= 0.6 is 11.3 Å². The molecule has 3 nitrogen and oxygen atoms in total. The summed E-state index contributed by atoms with van der Waals surface area (Å²) in [5.74, 6) is 5.47. The van der Waals surface area contributed by atoms with E-state index in [0.29, 0.717) is 5.56 Å². The number of thiazole rings is 1. The van der Waals surface area contributed by atoms with Gasteiger partial charge in [-0.2, -0.15) is 13.2 Å². The van der Waals surface area contributed by atoms with Gasteiger partial charge in [0.2, 0.25) is 0 Å². The maximum atomic E-state index is 12.7. The zero-order chi connectivity index (χ0) is 14.0. The molecule has 0 spiro atoms. The summed E-state index contributed by atoms with van der Waals surface area (Å²) in [4.78, 5) is 4.89. The van der Waals surface area contributed by atoms with Gasteiger partial charge >= 0.3 is 6.18 Å². The molecule has 2 aromatic rings. The van der Waals surface area contributed by atoms with E-state index >= 15 is 0 Å². The normalized spacial score (nSPS) is 13.5. The molecule has 1 atom stereocenters. The van der Waals surface area contributed by atoms with E-state index in [1.807, 2.05) is 0 Å². The molecule has 2 rings (SSSR count). The average molecular weight is 287 g/mol. The van der Waals surface area contributed by atoms with E-state index in [4.69, 9.17) is 5.84 Å². The Kier molecular flexibility index (Phi) is 3.88. The van der Waals surface area contributed by atoms with Gasteiger partial charge in [-0.3, -0.25) is 5.84 Å². The molecule has 0 saturated carbocycles. The summed E-state index contributed by atoms with van der Waals surface area (Å²) >= 11 is 1.36. The number of halogens is 3. The van der Waals surface area contributed by atoms with Gasteiger partial charge in [-0.15, -0.1) is 11.3 Å². The van der Waals surface area contributed by atoms with E-state index in [9.17, 15) is 13.2 Å². The number of rotatable bonds is 3. The van der Waals surface area contributed by atoms with Gasteiger partial charge in [-0.05, 0) is 24.6 Å². The van der Waals surface area contributed by atoms with Crippen LogP contribution in [-0.4, -0.2) is 4.98 Å². The smallest absolute Gasteiger partial charge is 0.271 e. The Morgan fingerprint density at radius 3 is 2.63 bits per heavy atom.